The zero-order valence-corrected chi connectivity index (χ0v) is 9.51. The van der Waals surface area contributed by atoms with Gasteiger partial charge in [-0.1, -0.05) is 0 Å². The number of nitriles is 1. The van der Waals surface area contributed by atoms with Gasteiger partial charge in [0, 0.05) is 6.20 Å². The summed E-state index contributed by atoms with van der Waals surface area (Å²) in [5.74, 6) is 0.00251. The molecule has 0 unspecified atom stereocenters. The molecule has 1 heterocycles. The van der Waals surface area contributed by atoms with Gasteiger partial charge >= 0.3 is 0 Å². The lowest BCUT2D eigenvalue weighted by molar-refractivity contribution is 0.278. The summed E-state index contributed by atoms with van der Waals surface area (Å²) in [7, 11) is 0. The fourth-order valence-electron chi connectivity index (χ4n) is 1.44. The van der Waals surface area contributed by atoms with E-state index in [1.807, 2.05) is 6.07 Å². The largest absolute Gasteiger partial charge is 0.489 e. The van der Waals surface area contributed by atoms with Gasteiger partial charge in [-0.05, 0) is 24.3 Å². The molecule has 0 amide bonds. The lowest BCUT2D eigenvalue weighted by Gasteiger charge is -2.07. The Labute approximate surface area is 103 Å². The number of nitrogens with two attached hydrogens (primary N) is 1. The molecule has 2 N–H and O–H groups in total. The Balaban J connectivity index is 1.92. The van der Waals surface area contributed by atoms with Gasteiger partial charge in [0.05, 0.1) is 18.2 Å². The number of hydrogen-bond donors (Lipinski definition) is 1. The highest BCUT2D eigenvalue weighted by Gasteiger charge is 2.04. The molecule has 0 atom stereocenters. The summed E-state index contributed by atoms with van der Waals surface area (Å²) in [6, 6.07) is 7.61. The van der Waals surface area contributed by atoms with Crippen LogP contribution in [0.5, 0.6) is 5.75 Å². The maximum Gasteiger partial charge on any atom is 0.166 e. The summed E-state index contributed by atoms with van der Waals surface area (Å²) in [4.78, 5) is 0. The molecule has 0 radical (unpaired) electrons. The summed E-state index contributed by atoms with van der Waals surface area (Å²) in [5, 5.41) is 12.6. The average Bonchev–Trinajstić information content (AvgIpc) is 2.77. The normalized spacial score (nSPS) is 10.0. The van der Waals surface area contributed by atoms with Crippen molar-refractivity contribution < 1.29 is 9.13 Å². The van der Waals surface area contributed by atoms with E-state index < -0.39 is 5.82 Å². The first kappa shape index (κ1) is 11.9. The second-order valence-electron chi connectivity index (χ2n) is 3.61. The van der Waals surface area contributed by atoms with Gasteiger partial charge in [-0.2, -0.15) is 10.4 Å². The number of benzene rings is 1. The van der Waals surface area contributed by atoms with Crippen LogP contribution < -0.4 is 10.5 Å². The standard InChI is InChI=1S/C12H11FN4O/c13-10-7-9(8-14)1-2-11(10)18-6-5-17-4-3-12(15)16-17/h1-4,7H,5-6H2,(H2,15,16). The molecule has 0 fully saturated rings. The van der Waals surface area contributed by atoms with Crippen molar-refractivity contribution in [3.8, 4) is 11.8 Å². The van der Waals surface area contributed by atoms with E-state index in [-0.39, 0.29) is 17.9 Å². The number of rotatable bonds is 4. The number of hydrogen-bond acceptors (Lipinski definition) is 4. The molecule has 1 aromatic carbocycles. The Morgan fingerprint density at radius 1 is 1.44 bits per heavy atom. The van der Waals surface area contributed by atoms with Crippen molar-refractivity contribution >= 4 is 5.82 Å². The van der Waals surface area contributed by atoms with Crippen molar-refractivity contribution in [1.82, 2.24) is 9.78 Å². The van der Waals surface area contributed by atoms with Crippen LogP contribution in [0.2, 0.25) is 0 Å². The second kappa shape index (κ2) is 5.19. The number of aromatic nitrogens is 2. The third kappa shape index (κ3) is 2.77. The molecule has 18 heavy (non-hydrogen) atoms. The molecule has 0 spiro atoms. The van der Waals surface area contributed by atoms with E-state index in [9.17, 15) is 4.39 Å². The quantitative estimate of drug-likeness (QED) is 0.888. The van der Waals surface area contributed by atoms with Crippen LogP contribution in [0.4, 0.5) is 10.2 Å². The fraction of sp³-hybridized carbons (Fsp3) is 0.167. The van der Waals surface area contributed by atoms with Crippen molar-refractivity contribution in [2.24, 2.45) is 0 Å². The number of ether oxygens (including phenoxy) is 1. The SMILES string of the molecule is N#Cc1ccc(OCCn2ccc(N)n2)c(F)c1. The maximum atomic E-state index is 13.4. The molecule has 0 saturated heterocycles. The zero-order valence-electron chi connectivity index (χ0n) is 9.51. The van der Waals surface area contributed by atoms with Crippen molar-refractivity contribution in [2.75, 3.05) is 12.3 Å². The van der Waals surface area contributed by atoms with Gasteiger partial charge in [-0.25, -0.2) is 4.39 Å². The molecular weight excluding hydrogens is 235 g/mol. The maximum absolute atomic E-state index is 13.4. The van der Waals surface area contributed by atoms with Crippen LogP contribution in [0, 0.1) is 17.1 Å². The van der Waals surface area contributed by atoms with Gasteiger partial charge < -0.3 is 10.5 Å². The number of halogens is 1. The molecule has 1 aromatic heterocycles. The van der Waals surface area contributed by atoms with Crippen LogP contribution >= 0.6 is 0 Å². The van der Waals surface area contributed by atoms with Gasteiger partial charge in [-0.15, -0.1) is 0 Å². The van der Waals surface area contributed by atoms with Crippen molar-refractivity contribution in [3.05, 3.63) is 41.8 Å². The number of nitrogens with zero attached hydrogens (tertiary/aromatic N) is 3. The van der Waals surface area contributed by atoms with E-state index in [0.29, 0.717) is 12.4 Å². The molecule has 0 saturated carbocycles. The molecule has 2 rings (SSSR count). The van der Waals surface area contributed by atoms with Crippen LogP contribution in [-0.2, 0) is 6.54 Å². The Bertz CT molecular complexity index is 588. The van der Waals surface area contributed by atoms with Gasteiger partial charge in [0.1, 0.15) is 12.4 Å². The monoisotopic (exact) mass is 246 g/mol. The molecule has 0 aliphatic heterocycles. The predicted molar refractivity (Wildman–Crippen MR) is 63.2 cm³/mol. The summed E-state index contributed by atoms with van der Waals surface area (Å²) in [6.07, 6.45) is 1.72. The molecular formula is C12H11FN4O. The topological polar surface area (TPSA) is 76.9 Å². The van der Waals surface area contributed by atoms with Crippen LogP contribution in [0.15, 0.2) is 30.5 Å². The highest BCUT2D eigenvalue weighted by atomic mass is 19.1. The first-order chi connectivity index (χ1) is 8.69. The Kier molecular flexibility index (Phi) is 3.44. The van der Waals surface area contributed by atoms with Crippen LogP contribution in [0.3, 0.4) is 0 Å². The predicted octanol–water partition coefficient (Wildman–Crippen LogP) is 1.56. The van der Waals surface area contributed by atoms with Gasteiger partial charge in [-0.3, -0.25) is 4.68 Å². The summed E-state index contributed by atoms with van der Waals surface area (Å²) < 4.78 is 20.3. The minimum Gasteiger partial charge on any atom is -0.489 e. The van der Waals surface area contributed by atoms with E-state index in [1.54, 1.807) is 16.9 Å². The molecule has 2 aromatic rings. The molecule has 92 valence electrons. The zero-order chi connectivity index (χ0) is 13.0. The Morgan fingerprint density at radius 3 is 2.89 bits per heavy atom. The van der Waals surface area contributed by atoms with Gasteiger partial charge in [0.15, 0.2) is 11.6 Å². The molecule has 6 heteroatoms. The summed E-state index contributed by atoms with van der Waals surface area (Å²) in [5.41, 5.74) is 5.72. The van der Waals surface area contributed by atoms with Crippen molar-refractivity contribution in [3.63, 3.8) is 0 Å². The molecule has 5 nitrogen and oxygen atoms in total. The summed E-state index contributed by atoms with van der Waals surface area (Å²) >= 11 is 0. The van der Waals surface area contributed by atoms with Gasteiger partial charge in [0.2, 0.25) is 0 Å². The smallest absolute Gasteiger partial charge is 0.166 e. The minimum atomic E-state index is -0.547. The number of anilines is 1. The first-order valence-electron chi connectivity index (χ1n) is 5.30. The minimum absolute atomic E-state index is 0.120. The van der Waals surface area contributed by atoms with E-state index in [0.717, 1.165) is 6.07 Å². The Hall–Kier alpha value is -2.55. The molecule has 0 aliphatic rings. The van der Waals surface area contributed by atoms with E-state index in [1.165, 1.54) is 12.1 Å². The fourth-order valence-corrected chi connectivity index (χ4v) is 1.44. The third-order valence-electron chi connectivity index (χ3n) is 2.30. The van der Waals surface area contributed by atoms with Crippen LogP contribution in [0.1, 0.15) is 5.56 Å². The van der Waals surface area contributed by atoms with E-state index >= 15 is 0 Å². The van der Waals surface area contributed by atoms with E-state index in [4.69, 9.17) is 15.7 Å². The third-order valence-corrected chi connectivity index (χ3v) is 2.30. The molecule has 0 aliphatic carbocycles. The summed E-state index contributed by atoms with van der Waals surface area (Å²) in [6.45, 7) is 0.737. The average molecular weight is 246 g/mol. The van der Waals surface area contributed by atoms with E-state index in [2.05, 4.69) is 5.10 Å². The van der Waals surface area contributed by atoms with Gasteiger partial charge in [0.25, 0.3) is 0 Å². The lowest BCUT2D eigenvalue weighted by atomic mass is 10.2. The number of nitrogen functional groups attached to an aromatic ring is 1. The lowest BCUT2D eigenvalue weighted by Crippen LogP contribution is -2.09. The highest BCUT2D eigenvalue weighted by molar-refractivity contribution is 5.35. The highest BCUT2D eigenvalue weighted by Crippen LogP contribution is 2.17. The van der Waals surface area contributed by atoms with Crippen LogP contribution in [0.25, 0.3) is 0 Å². The second-order valence-corrected chi connectivity index (χ2v) is 3.61. The van der Waals surface area contributed by atoms with Crippen molar-refractivity contribution in [2.45, 2.75) is 6.54 Å². The van der Waals surface area contributed by atoms with Crippen LogP contribution in [-0.4, -0.2) is 16.4 Å². The molecule has 0 bridgehead atoms. The first-order valence-corrected chi connectivity index (χ1v) is 5.30. The Morgan fingerprint density at radius 2 is 2.28 bits per heavy atom. The van der Waals surface area contributed by atoms with Crippen molar-refractivity contribution in [1.29, 1.82) is 5.26 Å².